The number of nitrogens with one attached hydrogen (secondary N) is 2. The van der Waals surface area contributed by atoms with Crippen molar-refractivity contribution in [3.05, 3.63) is 29.6 Å². The van der Waals surface area contributed by atoms with Crippen molar-refractivity contribution in [2.24, 2.45) is 11.7 Å². The van der Waals surface area contributed by atoms with E-state index in [1.807, 2.05) is 13.8 Å². The molecule has 0 bridgehead atoms. The number of carbonyl (C=O) groups excluding carboxylic acids is 2. The Morgan fingerprint density at radius 2 is 2.00 bits per heavy atom. The average Bonchev–Trinajstić information content (AvgIpc) is 2.39. The molecule has 0 unspecified atom stereocenters. The third kappa shape index (κ3) is 4.31. The van der Waals surface area contributed by atoms with Gasteiger partial charge < -0.3 is 16.4 Å². The summed E-state index contributed by atoms with van der Waals surface area (Å²) in [6.07, 6.45) is 0. The van der Waals surface area contributed by atoms with Gasteiger partial charge in [0.25, 0.3) is 0 Å². The zero-order chi connectivity index (χ0) is 15.3. The van der Waals surface area contributed by atoms with Crippen molar-refractivity contribution in [3.63, 3.8) is 0 Å². The summed E-state index contributed by atoms with van der Waals surface area (Å²) < 4.78 is 13.5. The number of para-hydroxylation sites is 1. The van der Waals surface area contributed by atoms with Crippen LogP contribution in [-0.4, -0.2) is 24.4 Å². The fourth-order valence-electron chi connectivity index (χ4n) is 1.56. The fourth-order valence-corrected chi connectivity index (χ4v) is 1.56. The predicted octanol–water partition coefficient (Wildman–Crippen LogP) is 1.17. The summed E-state index contributed by atoms with van der Waals surface area (Å²) in [6, 6.07) is 3.84. The van der Waals surface area contributed by atoms with Gasteiger partial charge in [0, 0.05) is 0 Å². The maximum atomic E-state index is 13.5. The van der Waals surface area contributed by atoms with E-state index >= 15 is 0 Å². The Bertz CT molecular complexity index is 483. The van der Waals surface area contributed by atoms with Gasteiger partial charge >= 0.3 is 0 Å². The fraction of sp³-hybridized carbons (Fsp3) is 0.429. The third-order valence-electron chi connectivity index (χ3n) is 2.93. The van der Waals surface area contributed by atoms with Crippen LogP contribution in [0.4, 0.5) is 10.1 Å². The molecule has 0 saturated heterocycles. The van der Waals surface area contributed by atoms with E-state index < -0.39 is 23.7 Å². The summed E-state index contributed by atoms with van der Waals surface area (Å²) in [5.41, 5.74) is 6.38. The molecule has 0 radical (unpaired) electrons. The molecule has 6 heteroatoms. The molecule has 20 heavy (non-hydrogen) atoms. The first-order chi connectivity index (χ1) is 9.32. The van der Waals surface area contributed by atoms with Crippen LogP contribution in [0.2, 0.25) is 0 Å². The Hall–Kier alpha value is -1.95. The number of anilines is 1. The number of nitrogens with two attached hydrogens (primary N) is 1. The zero-order valence-corrected chi connectivity index (χ0v) is 11.9. The second kappa shape index (κ2) is 7.00. The molecule has 0 aliphatic heterocycles. The summed E-state index contributed by atoms with van der Waals surface area (Å²) in [6.45, 7) is 5.07. The van der Waals surface area contributed by atoms with E-state index in [0.717, 1.165) is 0 Å². The topological polar surface area (TPSA) is 84.2 Å². The molecule has 0 saturated carbocycles. The molecule has 1 aromatic rings. The second-order valence-corrected chi connectivity index (χ2v) is 4.97. The van der Waals surface area contributed by atoms with Crippen molar-refractivity contribution in [2.75, 3.05) is 11.9 Å². The molecule has 1 rings (SSSR count). The van der Waals surface area contributed by atoms with Crippen LogP contribution in [-0.2, 0) is 9.59 Å². The lowest BCUT2D eigenvalue weighted by Crippen LogP contribution is -2.46. The Labute approximate surface area is 117 Å². The van der Waals surface area contributed by atoms with Gasteiger partial charge in [-0.25, -0.2) is 4.39 Å². The van der Waals surface area contributed by atoms with E-state index in [1.54, 1.807) is 19.1 Å². The molecule has 0 aromatic heterocycles. The van der Waals surface area contributed by atoms with Crippen molar-refractivity contribution in [1.29, 1.82) is 0 Å². The number of aryl methyl sites for hydroxylation is 1. The van der Waals surface area contributed by atoms with E-state index in [4.69, 9.17) is 5.73 Å². The summed E-state index contributed by atoms with van der Waals surface area (Å²) in [4.78, 5) is 23.3. The molecule has 0 fully saturated rings. The Kier molecular flexibility index (Phi) is 5.64. The van der Waals surface area contributed by atoms with Gasteiger partial charge in [0.1, 0.15) is 5.82 Å². The predicted molar refractivity (Wildman–Crippen MR) is 75.6 cm³/mol. The van der Waals surface area contributed by atoms with E-state index in [1.165, 1.54) is 6.07 Å². The van der Waals surface area contributed by atoms with Gasteiger partial charge in [0.05, 0.1) is 18.3 Å². The SMILES string of the molecule is Cc1cccc(F)c1NC(=O)CNC(=O)[C@@H](N)C(C)C. The number of hydrogen-bond donors (Lipinski definition) is 3. The Morgan fingerprint density at radius 1 is 1.35 bits per heavy atom. The minimum absolute atomic E-state index is 0.0214. The first-order valence-electron chi connectivity index (χ1n) is 6.41. The van der Waals surface area contributed by atoms with Crippen LogP contribution in [0, 0.1) is 18.7 Å². The van der Waals surface area contributed by atoms with Crippen molar-refractivity contribution in [1.82, 2.24) is 5.32 Å². The lowest BCUT2D eigenvalue weighted by molar-refractivity contribution is -0.125. The molecule has 110 valence electrons. The summed E-state index contributed by atoms with van der Waals surface area (Å²) in [7, 11) is 0. The van der Waals surface area contributed by atoms with Crippen LogP contribution in [0.25, 0.3) is 0 Å². The summed E-state index contributed by atoms with van der Waals surface area (Å²) >= 11 is 0. The van der Waals surface area contributed by atoms with E-state index in [9.17, 15) is 14.0 Å². The number of halogens is 1. The van der Waals surface area contributed by atoms with Crippen LogP contribution in [0.1, 0.15) is 19.4 Å². The van der Waals surface area contributed by atoms with Crippen LogP contribution in [0.3, 0.4) is 0 Å². The molecule has 0 aliphatic carbocycles. The normalized spacial score (nSPS) is 12.1. The van der Waals surface area contributed by atoms with Crippen molar-refractivity contribution in [3.8, 4) is 0 Å². The highest BCUT2D eigenvalue weighted by Gasteiger charge is 2.18. The smallest absolute Gasteiger partial charge is 0.243 e. The lowest BCUT2D eigenvalue weighted by Gasteiger charge is -2.15. The van der Waals surface area contributed by atoms with Gasteiger partial charge in [0.2, 0.25) is 11.8 Å². The van der Waals surface area contributed by atoms with Crippen LogP contribution < -0.4 is 16.4 Å². The minimum atomic E-state index is -0.669. The molecule has 0 aliphatic rings. The molecule has 0 heterocycles. The first-order valence-corrected chi connectivity index (χ1v) is 6.41. The van der Waals surface area contributed by atoms with E-state index in [2.05, 4.69) is 10.6 Å². The second-order valence-electron chi connectivity index (χ2n) is 4.97. The van der Waals surface area contributed by atoms with Gasteiger partial charge in [-0.3, -0.25) is 9.59 Å². The highest BCUT2D eigenvalue weighted by Crippen LogP contribution is 2.18. The quantitative estimate of drug-likeness (QED) is 0.757. The lowest BCUT2D eigenvalue weighted by atomic mass is 10.1. The number of rotatable bonds is 5. The highest BCUT2D eigenvalue weighted by atomic mass is 19.1. The molecule has 4 N–H and O–H groups in total. The third-order valence-corrected chi connectivity index (χ3v) is 2.93. The minimum Gasteiger partial charge on any atom is -0.346 e. The zero-order valence-electron chi connectivity index (χ0n) is 11.9. The monoisotopic (exact) mass is 281 g/mol. The molecule has 5 nitrogen and oxygen atoms in total. The molecule has 1 aromatic carbocycles. The van der Waals surface area contributed by atoms with Crippen LogP contribution in [0.15, 0.2) is 18.2 Å². The van der Waals surface area contributed by atoms with Crippen LogP contribution >= 0.6 is 0 Å². The molecular weight excluding hydrogens is 261 g/mol. The molecule has 0 spiro atoms. The average molecular weight is 281 g/mol. The van der Waals surface area contributed by atoms with E-state index in [0.29, 0.717) is 5.56 Å². The largest absolute Gasteiger partial charge is 0.346 e. The van der Waals surface area contributed by atoms with Gasteiger partial charge in [0.15, 0.2) is 0 Å². The van der Waals surface area contributed by atoms with Crippen LogP contribution in [0.5, 0.6) is 0 Å². The van der Waals surface area contributed by atoms with Crippen molar-refractivity contribution >= 4 is 17.5 Å². The Balaban J connectivity index is 2.55. The van der Waals surface area contributed by atoms with E-state index in [-0.39, 0.29) is 18.2 Å². The number of carbonyl (C=O) groups is 2. The van der Waals surface area contributed by atoms with Gasteiger partial charge in [-0.05, 0) is 24.5 Å². The molecule has 2 amide bonds. The van der Waals surface area contributed by atoms with Gasteiger partial charge in [-0.1, -0.05) is 26.0 Å². The standard InChI is InChI=1S/C14H20FN3O2/c1-8(2)12(16)14(20)17-7-11(19)18-13-9(3)5-4-6-10(13)15/h4-6,8,12H,7,16H2,1-3H3,(H,17,20)(H,18,19)/t12-/m0/s1. The molecular formula is C14H20FN3O2. The first kappa shape index (κ1) is 16.1. The van der Waals surface area contributed by atoms with Crippen molar-refractivity contribution in [2.45, 2.75) is 26.8 Å². The number of benzene rings is 1. The molecule has 1 atom stereocenters. The van der Waals surface area contributed by atoms with Crippen molar-refractivity contribution < 1.29 is 14.0 Å². The van der Waals surface area contributed by atoms with Gasteiger partial charge in [-0.2, -0.15) is 0 Å². The number of amides is 2. The highest BCUT2D eigenvalue weighted by molar-refractivity contribution is 5.95. The Morgan fingerprint density at radius 3 is 2.55 bits per heavy atom. The number of hydrogen-bond acceptors (Lipinski definition) is 3. The summed E-state index contributed by atoms with van der Waals surface area (Å²) in [5.74, 6) is -1.43. The maximum absolute atomic E-state index is 13.5. The summed E-state index contributed by atoms with van der Waals surface area (Å²) in [5, 5.41) is 4.86. The van der Waals surface area contributed by atoms with Gasteiger partial charge in [-0.15, -0.1) is 0 Å². The maximum Gasteiger partial charge on any atom is 0.243 e.